The number of halogens is 1. The fourth-order valence-electron chi connectivity index (χ4n) is 3.01. The second kappa shape index (κ2) is 7.70. The van der Waals surface area contributed by atoms with Crippen molar-refractivity contribution in [3.05, 3.63) is 66.1 Å². The molecule has 0 unspecified atom stereocenters. The Morgan fingerprint density at radius 1 is 1.24 bits per heavy atom. The average molecular weight is 394 g/mol. The van der Waals surface area contributed by atoms with Gasteiger partial charge in [0.25, 0.3) is 5.91 Å². The first-order valence-corrected chi connectivity index (χ1v) is 9.11. The molecule has 4 aromatic rings. The van der Waals surface area contributed by atoms with Crippen molar-refractivity contribution < 1.29 is 13.7 Å². The number of nitrogens with zero attached hydrogens (tertiary/aromatic N) is 5. The molecule has 0 spiro atoms. The predicted octanol–water partition coefficient (Wildman–Crippen LogP) is 3.03. The highest BCUT2D eigenvalue weighted by Crippen LogP contribution is 2.20. The van der Waals surface area contributed by atoms with Crippen molar-refractivity contribution in [1.29, 1.82) is 0 Å². The third-order valence-corrected chi connectivity index (χ3v) is 4.52. The number of aromatic nitrogens is 5. The number of aryl methyl sites for hydroxylation is 2. The molecule has 0 atom stereocenters. The Morgan fingerprint density at radius 2 is 2.03 bits per heavy atom. The molecule has 0 saturated heterocycles. The minimum absolute atomic E-state index is 0.0930. The molecule has 0 aliphatic rings. The van der Waals surface area contributed by atoms with Crippen LogP contribution in [0.25, 0.3) is 22.8 Å². The van der Waals surface area contributed by atoms with E-state index in [0.717, 1.165) is 17.8 Å². The lowest BCUT2D eigenvalue weighted by molar-refractivity contribution is 0.0937. The Hall–Kier alpha value is -3.75. The molecular formula is C20H19FN6O2. The van der Waals surface area contributed by atoms with Gasteiger partial charge in [-0.25, -0.2) is 4.39 Å². The molecule has 0 saturated carbocycles. The van der Waals surface area contributed by atoms with Gasteiger partial charge in [0.15, 0.2) is 0 Å². The highest BCUT2D eigenvalue weighted by Gasteiger charge is 2.16. The zero-order chi connectivity index (χ0) is 20.4. The molecule has 148 valence electrons. The molecule has 3 aromatic heterocycles. The van der Waals surface area contributed by atoms with Crippen LogP contribution in [-0.4, -0.2) is 30.4 Å². The SMILES string of the molecule is CCn1cccc1-c1noc(CNC(=O)c2cc(-c3ccc(F)cc3)nn2C)n1. The maximum atomic E-state index is 13.1. The van der Waals surface area contributed by atoms with Crippen molar-refractivity contribution in [3.63, 3.8) is 0 Å². The lowest BCUT2D eigenvalue weighted by Crippen LogP contribution is -2.25. The summed E-state index contributed by atoms with van der Waals surface area (Å²) in [5.41, 5.74) is 2.52. The summed E-state index contributed by atoms with van der Waals surface area (Å²) in [7, 11) is 1.67. The van der Waals surface area contributed by atoms with Gasteiger partial charge < -0.3 is 14.4 Å². The topological polar surface area (TPSA) is 90.8 Å². The van der Waals surface area contributed by atoms with E-state index in [0.29, 0.717) is 23.1 Å². The summed E-state index contributed by atoms with van der Waals surface area (Å²) in [5.74, 6) is 0.121. The smallest absolute Gasteiger partial charge is 0.269 e. The van der Waals surface area contributed by atoms with E-state index < -0.39 is 0 Å². The Balaban J connectivity index is 1.45. The normalized spacial score (nSPS) is 11.0. The molecule has 0 fully saturated rings. The Labute approximate surface area is 166 Å². The van der Waals surface area contributed by atoms with E-state index in [1.54, 1.807) is 25.2 Å². The molecule has 1 aromatic carbocycles. The van der Waals surface area contributed by atoms with Gasteiger partial charge >= 0.3 is 0 Å². The van der Waals surface area contributed by atoms with Crippen LogP contribution < -0.4 is 5.32 Å². The quantitative estimate of drug-likeness (QED) is 0.543. The summed E-state index contributed by atoms with van der Waals surface area (Å²) < 4.78 is 21.8. The van der Waals surface area contributed by atoms with E-state index in [1.807, 2.05) is 29.8 Å². The summed E-state index contributed by atoms with van der Waals surface area (Å²) in [6, 6.07) is 11.4. The van der Waals surface area contributed by atoms with Gasteiger partial charge in [-0.15, -0.1) is 0 Å². The Bertz CT molecular complexity index is 1140. The second-order valence-electron chi connectivity index (χ2n) is 6.42. The summed E-state index contributed by atoms with van der Waals surface area (Å²) in [5, 5.41) is 11.1. The van der Waals surface area contributed by atoms with Gasteiger partial charge in [-0.2, -0.15) is 10.1 Å². The third kappa shape index (κ3) is 3.79. The zero-order valence-electron chi connectivity index (χ0n) is 16.0. The Morgan fingerprint density at radius 3 is 2.79 bits per heavy atom. The molecule has 9 heteroatoms. The average Bonchev–Trinajstić information content (AvgIpc) is 3.45. The highest BCUT2D eigenvalue weighted by molar-refractivity contribution is 5.93. The number of hydrogen-bond donors (Lipinski definition) is 1. The maximum Gasteiger partial charge on any atom is 0.269 e. The molecule has 0 bridgehead atoms. The molecule has 29 heavy (non-hydrogen) atoms. The van der Waals surface area contributed by atoms with Crippen molar-refractivity contribution in [3.8, 4) is 22.8 Å². The number of benzene rings is 1. The number of amides is 1. The summed E-state index contributed by atoms with van der Waals surface area (Å²) in [6.07, 6.45) is 1.94. The second-order valence-corrected chi connectivity index (χ2v) is 6.42. The van der Waals surface area contributed by atoms with E-state index in [-0.39, 0.29) is 18.3 Å². The van der Waals surface area contributed by atoms with Crippen LogP contribution >= 0.6 is 0 Å². The number of rotatable bonds is 6. The van der Waals surface area contributed by atoms with Crippen LogP contribution in [0, 0.1) is 5.82 Å². The van der Waals surface area contributed by atoms with Crippen LogP contribution in [-0.2, 0) is 20.1 Å². The van der Waals surface area contributed by atoms with Gasteiger partial charge in [0.1, 0.15) is 11.5 Å². The number of carbonyl (C=O) groups excluding carboxylic acids is 1. The summed E-state index contributed by atoms with van der Waals surface area (Å²) in [4.78, 5) is 16.9. The molecule has 1 amide bonds. The molecular weight excluding hydrogens is 375 g/mol. The van der Waals surface area contributed by atoms with Gasteiger partial charge in [-0.3, -0.25) is 9.48 Å². The first-order chi connectivity index (χ1) is 14.0. The first-order valence-electron chi connectivity index (χ1n) is 9.11. The molecule has 4 rings (SSSR count). The molecule has 1 N–H and O–H groups in total. The first kappa shape index (κ1) is 18.6. The van der Waals surface area contributed by atoms with Crippen LogP contribution in [0.1, 0.15) is 23.3 Å². The summed E-state index contributed by atoms with van der Waals surface area (Å²) in [6.45, 7) is 2.91. The van der Waals surface area contributed by atoms with Gasteiger partial charge in [-0.05, 0) is 49.4 Å². The van der Waals surface area contributed by atoms with E-state index in [2.05, 4.69) is 20.6 Å². The van der Waals surface area contributed by atoms with Crippen molar-refractivity contribution in [1.82, 2.24) is 29.8 Å². The van der Waals surface area contributed by atoms with E-state index in [9.17, 15) is 9.18 Å². The van der Waals surface area contributed by atoms with Crippen LogP contribution in [0.2, 0.25) is 0 Å². The van der Waals surface area contributed by atoms with Crippen molar-refractivity contribution in [2.75, 3.05) is 0 Å². The number of carbonyl (C=O) groups is 1. The van der Waals surface area contributed by atoms with Gasteiger partial charge in [0.2, 0.25) is 11.7 Å². The fourth-order valence-corrected chi connectivity index (χ4v) is 3.01. The van der Waals surface area contributed by atoms with Crippen LogP contribution in [0.15, 0.2) is 53.2 Å². The minimum atomic E-state index is -0.329. The standard InChI is InChI=1S/C20H19FN6O2/c1-3-27-10-4-5-16(27)19-23-18(29-25-19)12-22-20(28)17-11-15(24-26(17)2)13-6-8-14(21)9-7-13/h4-11H,3,12H2,1-2H3,(H,22,28). The highest BCUT2D eigenvalue weighted by atomic mass is 19.1. The van der Waals surface area contributed by atoms with E-state index in [4.69, 9.17) is 4.52 Å². The van der Waals surface area contributed by atoms with Gasteiger partial charge in [-0.1, -0.05) is 5.16 Å². The molecule has 0 radical (unpaired) electrons. The monoisotopic (exact) mass is 394 g/mol. The van der Waals surface area contributed by atoms with Crippen LogP contribution in [0.5, 0.6) is 0 Å². The van der Waals surface area contributed by atoms with E-state index >= 15 is 0 Å². The summed E-state index contributed by atoms with van der Waals surface area (Å²) >= 11 is 0. The number of nitrogens with one attached hydrogen (secondary N) is 1. The number of hydrogen-bond acceptors (Lipinski definition) is 5. The molecule has 0 aliphatic heterocycles. The lowest BCUT2D eigenvalue weighted by atomic mass is 10.1. The lowest BCUT2D eigenvalue weighted by Gasteiger charge is -2.02. The van der Waals surface area contributed by atoms with Crippen molar-refractivity contribution >= 4 is 5.91 Å². The predicted molar refractivity (Wildman–Crippen MR) is 103 cm³/mol. The zero-order valence-corrected chi connectivity index (χ0v) is 16.0. The fraction of sp³-hybridized carbons (Fsp3) is 0.200. The minimum Gasteiger partial charge on any atom is -0.345 e. The Kier molecular flexibility index (Phi) is 4.94. The third-order valence-electron chi connectivity index (χ3n) is 4.52. The van der Waals surface area contributed by atoms with Crippen LogP contribution in [0.4, 0.5) is 4.39 Å². The van der Waals surface area contributed by atoms with Gasteiger partial charge in [0, 0.05) is 25.4 Å². The molecule has 0 aliphatic carbocycles. The van der Waals surface area contributed by atoms with E-state index in [1.165, 1.54) is 16.8 Å². The molecule has 3 heterocycles. The van der Waals surface area contributed by atoms with Crippen molar-refractivity contribution in [2.45, 2.75) is 20.0 Å². The molecule has 8 nitrogen and oxygen atoms in total. The van der Waals surface area contributed by atoms with Crippen LogP contribution in [0.3, 0.4) is 0 Å². The maximum absolute atomic E-state index is 13.1. The largest absolute Gasteiger partial charge is 0.345 e. The van der Waals surface area contributed by atoms with Gasteiger partial charge in [0.05, 0.1) is 17.9 Å². The van der Waals surface area contributed by atoms with Crippen molar-refractivity contribution in [2.24, 2.45) is 7.05 Å².